The van der Waals surface area contributed by atoms with Gasteiger partial charge in [0.2, 0.25) is 0 Å². The number of halogens is 3. The summed E-state index contributed by atoms with van der Waals surface area (Å²) in [6, 6.07) is 2.64. The van der Waals surface area contributed by atoms with Crippen LogP contribution in [0.5, 0.6) is 0 Å². The number of hydrogen-bond acceptors (Lipinski definition) is 1. The SMILES string of the molecule is Cn1nc(I)c2ccc(F)c(F)c21. The summed E-state index contributed by atoms with van der Waals surface area (Å²) >= 11 is 1.99. The van der Waals surface area contributed by atoms with Crippen LogP contribution >= 0.6 is 22.6 Å². The molecule has 2 nitrogen and oxygen atoms in total. The van der Waals surface area contributed by atoms with E-state index in [1.807, 2.05) is 22.6 Å². The highest BCUT2D eigenvalue weighted by atomic mass is 127. The van der Waals surface area contributed by atoms with Crippen LogP contribution in [0.15, 0.2) is 12.1 Å². The number of aryl methyl sites for hydroxylation is 1. The monoisotopic (exact) mass is 294 g/mol. The summed E-state index contributed by atoms with van der Waals surface area (Å²) in [6.45, 7) is 0. The Balaban J connectivity index is 2.98. The van der Waals surface area contributed by atoms with Crippen molar-refractivity contribution in [2.45, 2.75) is 0 Å². The van der Waals surface area contributed by atoms with Gasteiger partial charge in [0.05, 0.1) is 0 Å². The highest BCUT2D eigenvalue weighted by molar-refractivity contribution is 14.1. The fraction of sp³-hybridized carbons (Fsp3) is 0.125. The zero-order chi connectivity index (χ0) is 9.59. The number of hydrogen-bond donors (Lipinski definition) is 0. The molecule has 2 aromatic rings. The molecular weight excluding hydrogens is 289 g/mol. The molecule has 0 saturated heterocycles. The molecule has 13 heavy (non-hydrogen) atoms. The zero-order valence-corrected chi connectivity index (χ0v) is 8.84. The van der Waals surface area contributed by atoms with Crippen molar-refractivity contribution >= 4 is 33.5 Å². The minimum Gasteiger partial charge on any atom is -0.264 e. The van der Waals surface area contributed by atoms with Crippen LogP contribution in [0, 0.1) is 15.3 Å². The zero-order valence-electron chi connectivity index (χ0n) is 6.68. The molecule has 1 heterocycles. The topological polar surface area (TPSA) is 17.8 Å². The fourth-order valence-corrected chi connectivity index (χ4v) is 2.02. The Hall–Kier alpha value is -0.720. The summed E-state index contributed by atoms with van der Waals surface area (Å²) in [5.74, 6) is -1.68. The van der Waals surface area contributed by atoms with Gasteiger partial charge in [-0.25, -0.2) is 8.78 Å². The van der Waals surface area contributed by atoms with Crippen molar-refractivity contribution in [2.75, 3.05) is 0 Å². The molecule has 0 spiro atoms. The average molecular weight is 294 g/mol. The molecule has 0 bridgehead atoms. The van der Waals surface area contributed by atoms with E-state index in [1.165, 1.54) is 10.7 Å². The second kappa shape index (κ2) is 2.90. The van der Waals surface area contributed by atoms with Crippen LogP contribution < -0.4 is 0 Å². The van der Waals surface area contributed by atoms with Crippen molar-refractivity contribution in [3.8, 4) is 0 Å². The first-order valence-corrected chi connectivity index (χ1v) is 4.65. The van der Waals surface area contributed by atoms with E-state index in [2.05, 4.69) is 5.10 Å². The van der Waals surface area contributed by atoms with Crippen LogP contribution in [0.4, 0.5) is 8.78 Å². The number of nitrogens with zero attached hydrogens (tertiary/aromatic N) is 2. The largest absolute Gasteiger partial charge is 0.264 e. The van der Waals surface area contributed by atoms with Gasteiger partial charge in [-0.15, -0.1) is 0 Å². The average Bonchev–Trinajstić information content (AvgIpc) is 2.35. The summed E-state index contributed by atoms with van der Waals surface area (Å²) in [5.41, 5.74) is 0.212. The molecule has 0 atom stereocenters. The fourth-order valence-electron chi connectivity index (χ4n) is 1.26. The maximum absolute atomic E-state index is 13.2. The van der Waals surface area contributed by atoms with Crippen molar-refractivity contribution in [1.82, 2.24) is 9.78 Å². The molecule has 0 fully saturated rings. The highest BCUT2D eigenvalue weighted by Crippen LogP contribution is 2.23. The van der Waals surface area contributed by atoms with Crippen LogP contribution in [0.1, 0.15) is 0 Å². The van der Waals surface area contributed by atoms with E-state index in [-0.39, 0.29) is 5.52 Å². The Bertz CT molecular complexity index is 478. The van der Waals surface area contributed by atoms with Gasteiger partial charge < -0.3 is 0 Å². The van der Waals surface area contributed by atoms with Gasteiger partial charge >= 0.3 is 0 Å². The third-order valence-corrected chi connectivity index (χ3v) is 2.65. The lowest BCUT2D eigenvalue weighted by atomic mass is 10.2. The molecule has 0 aliphatic rings. The second-order valence-corrected chi connectivity index (χ2v) is 3.69. The first-order chi connectivity index (χ1) is 6.11. The lowest BCUT2D eigenvalue weighted by molar-refractivity contribution is 0.511. The number of fused-ring (bicyclic) bond motifs is 1. The molecule has 0 amide bonds. The first kappa shape index (κ1) is 8.86. The molecule has 0 aliphatic carbocycles. The summed E-state index contributed by atoms with van der Waals surface area (Å²) in [4.78, 5) is 0. The summed E-state index contributed by atoms with van der Waals surface area (Å²) in [5, 5.41) is 4.63. The molecule has 0 unspecified atom stereocenters. The summed E-state index contributed by atoms with van der Waals surface area (Å²) in [7, 11) is 1.59. The Morgan fingerprint density at radius 1 is 1.38 bits per heavy atom. The molecule has 1 aromatic heterocycles. The van der Waals surface area contributed by atoms with Crippen LogP contribution in [0.2, 0.25) is 0 Å². The van der Waals surface area contributed by atoms with Gasteiger partial charge in [-0.3, -0.25) is 4.68 Å². The number of aromatic nitrogens is 2. The van der Waals surface area contributed by atoms with E-state index >= 15 is 0 Å². The third-order valence-electron chi connectivity index (χ3n) is 1.85. The van der Waals surface area contributed by atoms with Gasteiger partial charge in [0.15, 0.2) is 11.6 Å². The summed E-state index contributed by atoms with van der Waals surface area (Å²) < 4.78 is 28.1. The number of benzene rings is 1. The van der Waals surface area contributed by atoms with Gasteiger partial charge in [0.1, 0.15) is 9.22 Å². The Labute approximate surface area is 86.7 Å². The van der Waals surface area contributed by atoms with Crippen molar-refractivity contribution in [3.63, 3.8) is 0 Å². The van der Waals surface area contributed by atoms with E-state index in [0.29, 0.717) is 9.09 Å². The molecular formula is C8H5F2IN2. The Morgan fingerprint density at radius 2 is 2.08 bits per heavy atom. The van der Waals surface area contributed by atoms with Crippen molar-refractivity contribution in [1.29, 1.82) is 0 Å². The smallest absolute Gasteiger partial charge is 0.184 e. The van der Waals surface area contributed by atoms with Crippen molar-refractivity contribution in [3.05, 3.63) is 27.5 Å². The maximum Gasteiger partial charge on any atom is 0.184 e. The molecule has 2 rings (SSSR count). The molecule has 0 saturated carbocycles. The van der Waals surface area contributed by atoms with Gasteiger partial charge in [-0.1, -0.05) is 0 Å². The second-order valence-electron chi connectivity index (χ2n) is 2.67. The summed E-state index contributed by atoms with van der Waals surface area (Å²) in [6.07, 6.45) is 0. The predicted octanol–water partition coefficient (Wildman–Crippen LogP) is 2.46. The standard InChI is InChI=1S/C8H5F2IN2/c1-13-7-4(8(11)12-13)2-3-5(9)6(7)10/h2-3H,1H3. The minimum absolute atomic E-state index is 0.212. The van der Waals surface area contributed by atoms with Gasteiger partial charge in [-0.2, -0.15) is 5.10 Å². The van der Waals surface area contributed by atoms with E-state index in [0.717, 1.165) is 6.07 Å². The Morgan fingerprint density at radius 3 is 2.77 bits per heavy atom. The highest BCUT2D eigenvalue weighted by Gasteiger charge is 2.13. The molecule has 1 aromatic carbocycles. The van der Waals surface area contributed by atoms with Gasteiger partial charge in [0.25, 0.3) is 0 Å². The van der Waals surface area contributed by atoms with E-state index in [9.17, 15) is 8.78 Å². The molecule has 5 heteroatoms. The lowest BCUT2D eigenvalue weighted by Crippen LogP contribution is -1.94. The third kappa shape index (κ3) is 1.21. The minimum atomic E-state index is -0.841. The normalized spacial score (nSPS) is 11.1. The molecule has 0 radical (unpaired) electrons. The van der Waals surface area contributed by atoms with E-state index in [1.54, 1.807) is 7.05 Å². The molecule has 68 valence electrons. The van der Waals surface area contributed by atoms with Gasteiger partial charge in [-0.05, 0) is 34.7 Å². The quantitative estimate of drug-likeness (QED) is 0.682. The van der Waals surface area contributed by atoms with Crippen LogP contribution in [0.25, 0.3) is 10.9 Å². The van der Waals surface area contributed by atoms with Crippen LogP contribution in [-0.4, -0.2) is 9.78 Å². The number of rotatable bonds is 0. The predicted molar refractivity (Wildman–Crippen MR) is 53.3 cm³/mol. The van der Waals surface area contributed by atoms with Crippen molar-refractivity contribution < 1.29 is 8.78 Å². The van der Waals surface area contributed by atoms with Crippen LogP contribution in [0.3, 0.4) is 0 Å². The maximum atomic E-state index is 13.2. The Kier molecular flexibility index (Phi) is 1.98. The first-order valence-electron chi connectivity index (χ1n) is 3.57. The molecule has 0 N–H and O–H groups in total. The molecule has 0 aliphatic heterocycles. The van der Waals surface area contributed by atoms with E-state index in [4.69, 9.17) is 0 Å². The van der Waals surface area contributed by atoms with E-state index < -0.39 is 11.6 Å². The van der Waals surface area contributed by atoms with Crippen LogP contribution in [-0.2, 0) is 7.05 Å². The van der Waals surface area contributed by atoms with Gasteiger partial charge in [0, 0.05) is 12.4 Å². The lowest BCUT2D eigenvalue weighted by Gasteiger charge is -1.96. The van der Waals surface area contributed by atoms with Crippen molar-refractivity contribution in [2.24, 2.45) is 7.05 Å².